The predicted molar refractivity (Wildman–Crippen MR) is 126 cm³/mol. The summed E-state index contributed by atoms with van der Waals surface area (Å²) in [6.45, 7) is 2.98. The van der Waals surface area contributed by atoms with Gasteiger partial charge in [0, 0.05) is 13.1 Å². The molecule has 3 aromatic rings. The van der Waals surface area contributed by atoms with E-state index in [-0.39, 0.29) is 12.5 Å². The third-order valence-electron chi connectivity index (χ3n) is 5.11. The fraction of sp³-hybridized carbons (Fsp3) is 0.259. The standard InChI is InChI=1S/C27H29NO5/c1-3-32-24-15-14-23(18-25(24)31-2)27(30)33-20-26(29)28(19-22-12-8-5-9-13-22)17-16-21-10-6-4-7-11-21/h4-15,18H,3,16-17,19-20H2,1-2H3. The average Bonchev–Trinajstić information content (AvgIpc) is 2.86. The van der Waals surface area contributed by atoms with Gasteiger partial charge in [0.15, 0.2) is 18.1 Å². The van der Waals surface area contributed by atoms with E-state index in [1.807, 2.05) is 67.6 Å². The maximum Gasteiger partial charge on any atom is 0.338 e. The van der Waals surface area contributed by atoms with E-state index in [0.29, 0.717) is 43.2 Å². The summed E-state index contributed by atoms with van der Waals surface area (Å²) < 4.78 is 16.1. The molecule has 0 fully saturated rings. The van der Waals surface area contributed by atoms with Crippen LogP contribution >= 0.6 is 0 Å². The van der Waals surface area contributed by atoms with Gasteiger partial charge < -0.3 is 19.1 Å². The second-order valence-electron chi connectivity index (χ2n) is 7.41. The lowest BCUT2D eigenvalue weighted by Crippen LogP contribution is -2.35. The van der Waals surface area contributed by atoms with Gasteiger partial charge in [0.1, 0.15) is 0 Å². The summed E-state index contributed by atoms with van der Waals surface area (Å²) in [4.78, 5) is 27.2. The van der Waals surface area contributed by atoms with Crippen LogP contribution in [0.4, 0.5) is 0 Å². The number of hydrogen-bond acceptors (Lipinski definition) is 5. The quantitative estimate of drug-likeness (QED) is 0.404. The zero-order valence-electron chi connectivity index (χ0n) is 19.0. The van der Waals surface area contributed by atoms with Crippen molar-refractivity contribution in [3.63, 3.8) is 0 Å². The Morgan fingerprint density at radius 3 is 2.15 bits per heavy atom. The van der Waals surface area contributed by atoms with Crippen molar-refractivity contribution < 1.29 is 23.8 Å². The summed E-state index contributed by atoms with van der Waals surface area (Å²) in [5.41, 5.74) is 2.45. The molecule has 0 N–H and O–H groups in total. The second kappa shape index (κ2) is 12.3. The van der Waals surface area contributed by atoms with Crippen LogP contribution in [0.3, 0.4) is 0 Å². The maximum atomic E-state index is 13.0. The zero-order chi connectivity index (χ0) is 23.5. The first-order valence-electron chi connectivity index (χ1n) is 10.9. The van der Waals surface area contributed by atoms with E-state index < -0.39 is 5.97 Å². The third-order valence-corrected chi connectivity index (χ3v) is 5.11. The van der Waals surface area contributed by atoms with Crippen LogP contribution in [0.15, 0.2) is 78.9 Å². The molecule has 0 spiro atoms. The smallest absolute Gasteiger partial charge is 0.338 e. The molecule has 1 amide bonds. The number of carbonyl (C=O) groups is 2. The first-order valence-corrected chi connectivity index (χ1v) is 10.9. The molecular weight excluding hydrogens is 418 g/mol. The van der Waals surface area contributed by atoms with E-state index in [0.717, 1.165) is 11.1 Å². The molecule has 0 aliphatic rings. The van der Waals surface area contributed by atoms with Crippen LogP contribution in [-0.2, 0) is 22.5 Å². The van der Waals surface area contributed by atoms with Crippen LogP contribution in [0, 0.1) is 0 Å². The van der Waals surface area contributed by atoms with Gasteiger partial charge in [-0.15, -0.1) is 0 Å². The van der Waals surface area contributed by atoms with Crippen molar-refractivity contribution in [3.8, 4) is 11.5 Å². The van der Waals surface area contributed by atoms with Gasteiger partial charge in [-0.25, -0.2) is 4.79 Å². The van der Waals surface area contributed by atoms with E-state index in [9.17, 15) is 9.59 Å². The highest BCUT2D eigenvalue weighted by Gasteiger charge is 2.18. The molecule has 0 atom stereocenters. The van der Waals surface area contributed by atoms with E-state index in [2.05, 4.69) is 0 Å². The van der Waals surface area contributed by atoms with E-state index in [1.54, 1.807) is 23.1 Å². The lowest BCUT2D eigenvalue weighted by molar-refractivity contribution is -0.135. The van der Waals surface area contributed by atoms with E-state index >= 15 is 0 Å². The molecule has 3 rings (SSSR count). The van der Waals surface area contributed by atoms with Crippen LogP contribution in [0.5, 0.6) is 11.5 Å². The zero-order valence-corrected chi connectivity index (χ0v) is 19.0. The fourth-order valence-corrected chi connectivity index (χ4v) is 3.38. The Morgan fingerprint density at radius 2 is 1.52 bits per heavy atom. The number of ether oxygens (including phenoxy) is 3. The molecule has 0 bridgehead atoms. The first kappa shape index (κ1) is 23.9. The maximum absolute atomic E-state index is 13.0. The number of amides is 1. The minimum Gasteiger partial charge on any atom is -0.493 e. The molecule has 6 heteroatoms. The van der Waals surface area contributed by atoms with Gasteiger partial charge in [-0.1, -0.05) is 60.7 Å². The fourth-order valence-electron chi connectivity index (χ4n) is 3.38. The van der Waals surface area contributed by atoms with Crippen LogP contribution < -0.4 is 9.47 Å². The Morgan fingerprint density at radius 1 is 0.848 bits per heavy atom. The lowest BCUT2D eigenvalue weighted by Gasteiger charge is -2.23. The van der Waals surface area contributed by atoms with Gasteiger partial charge in [0.25, 0.3) is 5.91 Å². The number of methoxy groups -OCH3 is 1. The summed E-state index contributed by atoms with van der Waals surface area (Å²) in [6, 6.07) is 24.5. The normalized spacial score (nSPS) is 10.4. The highest BCUT2D eigenvalue weighted by molar-refractivity contribution is 5.92. The Hall–Kier alpha value is -3.80. The molecule has 172 valence electrons. The Bertz CT molecular complexity index is 1040. The van der Waals surface area contributed by atoms with Crippen molar-refractivity contribution in [3.05, 3.63) is 95.6 Å². The number of carbonyl (C=O) groups excluding carboxylic acids is 2. The number of hydrogen-bond donors (Lipinski definition) is 0. The molecular formula is C27H29NO5. The van der Waals surface area contributed by atoms with Crippen molar-refractivity contribution >= 4 is 11.9 Å². The lowest BCUT2D eigenvalue weighted by atomic mass is 10.1. The molecule has 6 nitrogen and oxygen atoms in total. The molecule has 3 aromatic carbocycles. The summed E-state index contributed by atoms with van der Waals surface area (Å²) in [7, 11) is 1.50. The number of benzene rings is 3. The summed E-state index contributed by atoms with van der Waals surface area (Å²) >= 11 is 0. The summed E-state index contributed by atoms with van der Waals surface area (Å²) in [5.74, 6) is 0.141. The van der Waals surface area contributed by atoms with Gasteiger partial charge in [-0.05, 0) is 42.7 Å². The van der Waals surface area contributed by atoms with Gasteiger partial charge in [0.05, 0.1) is 19.3 Å². The predicted octanol–water partition coefficient (Wildman–Crippen LogP) is 4.52. The summed E-state index contributed by atoms with van der Waals surface area (Å²) in [5, 5.41) is 0. The van der Waals surface area contributed by atoms with Crippen molar-refractivity contribution in [1.29, 1.82) is 0 Å². The molecule has 33 heavy (non-hydrogen) atoms. The van der Waals surface area contributed by atoms with Crippen LogP contribution in [0.25, 0.3) is 0 Å². The van der Waals surface area contributed by atoms with Crippen molar-refractivity contribution in [2.24, 2.45) is 0 Å². The second-order valence-corrected chi connectivity index (χ2v) is 7.41. The van der Waals surface area contributed by atoms with Gasteiger partial charge in [0.2, 0.25) is 0 Å². The molecule has 0 saturated heterocycles. The highest BCUT2D eigenvalue weighted by Crippen LogP contribution is 2.28. The Kier molecular flexibility index (Phi) is 8.88. The number of rotatable bonds is 11. The first-order chi connectivity index (χ1) is 16.1. The Balaban J connectivity index is 1.64. The number of nitrogens with zero attached hydrogens (tertiary/aromatic N) is 1. The highest BCUT2D eigenvalue weighted by atomic mass is 16.5. The minimum absolute atomic E-state index is 0.249. The van der Waals surface area contributed by atoms with E-state index in [1.165, 1.54) is 7.11 Å². The van der Waals surface area contributed by atoms with Crippen molar-refractivity contribution in [2.75, 3.05) is 26.9 Å². The molecule has 0 aliphatic carbocycles. The van der Waals surface area contributed by atoms with Crippen LogP contribution in [0.1, 0.15) is 28.4 Å². The number of esters is 1. The molecule has 0 unspecified atom stereocenters. The molecule has 0 aromatic heterocycles. The monoisotopic (exact) mass is 447 g/mol. The third kappa shape index (κ3) is 7.10. The van der Waals surface area contributed by atoms with Crippen molar-refractivity contribution in [2.45, 2.75) is 19.9 Å². The SMILES string of the molecule is CCOc1ccc(C(=O)OCC(=O)N(CCc2ccccc2)Cc2ccccc2)cc1OC. The minimum atomic E-state index is -0.590. The summed E-state index contributed by atoms with van der Waals surface area (Å²) in [6.07, 6.45) is 0.712. The molecule has 0 aliphatic heterocycles. The van der Waals surface area contributed by atoms with Gasteiger partial charge >= 0.3 is 5.97 Å². The Labute approximate surface area is 194 Å². The van der Waals surface area contributed by atoms with E-state index in [4.69, 9.17) is 14.2 Å². The van der Waals surface area contributed by atoms with Crippen LogP contribution in [0.2, 0.25) is 0 Å². The average molecular weight is 448 g/mol. The largest absolute Gasteiger partial charge is 0.493 e. The van der Waals surface area contributed by atoms with Gasteiger partial charge in [-0.2, -0.15) is 0 Å². The van der Waals surface area contributed by atoms with Crippen LogP contribution in [-0.4, -0.2) is 43.6 Å². The molecule has 0 heterocycles. The molecule has 0 saturated carbocycles. The topological polar surface area (TPSA) is 65.1 Å². The van der Waals surface area contributed by atoms with Crippen molar-refractivity contribution in [1.82, 2.24) is 4.90 Å². The molecule has 0 radical (unpaired) electrons. The van der Waals surface area contributed by atoms with Gasteiger partial charge in [-0.3, -0.25) is 4.79 Å².